The molecule has 0 spiro atoms. The van der Waals surface area contributed by atoms with Crippen molar-refractivity contribution in [3.8, 4) is 22.3 Å². The van der Waals surface area contributed by atoms with E-state index in [4.69, 9.17) is 5.73 Å². The molecule has 1 fully saturated rings. The van der Waals surface area contributed by atoms with Gasteiger partial charge in [-0.25, -0.2) is 4.79 Å². The minimum Gasteiger partial charge on any atom is -0.366 e. The van der Waals surface area contributed by atoms with Crippen LogP contribution in [0.1, 0.15) is 15.9 Å². The van der Waals surface area contributed by atoms with Crippen LogP contribution in [0.25, 0.3) is 22.3 Å². The van der Waals surface area contributed by atoms with Gasteiger partial charge >= 0.3 is 6.03 Å². The van der Waals surface area contributed by atoms with Gasteiger partial charge in [-0.3, -0.25) is 9.69 Å². The summed E-state index contributed by atoms with van der Waals surface area (Å²) in [5.41, 5.74) is 12.1. The monoisotopic (exact) mass is 490 g/mol. The van der Waals surface area contributed by atoms with E-state index in [1.165, 1.54) is 16.7 Å². The van der Waals surface area contributed by atoms with Gasteiger partial charge in [0.1, 0.15) is 0 Å². The van der Waals surface area contributed by atoms with Gasteiger partial charge in [-0.2, -0.15) is 0 Å². The molecule has 0 radical (unpaired) electrons. The van der Waals surface area contributed by atoms with Crippen molar-refractivity contribution in [3.63, 3.8) is 0 Å². The summed E-state index contributed by atoms with van der Waals surface area (Å²) in [6.45, 7) is 3.88. The Morgan fingerprint density at radius 2 is 1.30 bits per heavy atom. The maximum atomic E-state index is 12.9. The number of rotatable bonds is 6. The van der Waals surface area contributed by atoms with E-state index in [9.17, 15) is 9.59 Å². The molecule has 5 rings (SSSR count). The molecule has 0 bridgehead atoms. The van der Waals surface area contributed by atoms with Gasteiger partial charge in [0.25, 0.3) is 0 Å². The lowest BCUT2D eigenvalue weighted by atomic mass is 10.0. The van der Waals surface area contributed by atoms with E-state index in [-0.39, 0.29) is 6.03 Å². The number of amides is 3. The van der Waals surface area contributed by atoms with Crippen molar-refractivity contribution in [1.29, 1.82) is 0 Å². The van der Waals surface area contributed by atoms with Crippen LogP contribution >= 0.6 is 0 Å². The molecule has 4 aromatic carbocycles. The first-order valence-electron chi connectivity index (χ1n) is 12.5. The van der Waals surface area contributed by atoms with Gasteiger partial charge in [0.05, 0.1) is 0 Å². The van der Waals surface area contributed by atoms with E-state index < -0.39 is 5.91 Å². The fraction of sp³-hybridized carbons (Fsp3) is 0.161. The molecule has 37 heavy (non-hydrogen) atoms. The average molecular weight is 491 g/mol. The molecule has 3 amide bonds. The Bertz CT molecular complexity index is 1380. The van der Waals surface area contributed by atoms with E-state index in [0.717, 1.165) is 30.8 Å². The molecule has 4 aromatic rings. The zero-order valence-corrected chi connectivity index (χ0v) is 20.6. The largest absolute Gasteiger partial charge is 0.366 e. The number of piperazine rings is 1. The van der Waals surface area contributed by atoms with Gasteiger partial charge in [-0.05, 0) is 52.1 Å². The minimum atomic E-state index is -0.463. The van der Waals surface area contributed by atoms with Crippen molar-refractivity contribution >= 4 is 17.6 Å². The first-order chi connectivity index (χ1) is 18.0. The topological polar surface area (TPSA) is 78.7 Å². The van der Waals surface area contributed by atoms with Crippen LogP contribution in [0.15, 0.2) is 103 Å². The van der Waals surface area contributed by atoms with Crippen molar-refractivity contribution < 1.29 is 9.59 Å². The molecular weight excluding hydrogens is 460 g/mol. The first-order valence-corrected chi connectivity index (χ1v) is 12.5. The van der Waals surface area contributed by atoms with E-state index in [2.05, 4.69) is 58.7 Å². The Balaban J connectivity index is 1.14. The van der Waals surface area contributed by atoms with Crippen molar-refractivity contribution in [2.75, 3.05) is 31.5 Å². The third-order valence-corrected chi connectivity index (χ3v) is 6.72. The second-order valence-corrected chi connectivity index (χ2v) is 9.28. The van der Waals surface area contributed by atoms with Crippen LogP contribution in [0.2, 0.25) is 0 Å². The number of nitrogens with zero attached hydrogens (tertiary/aromatic N) is 2. The first kappa shape index (κ1) is 24.3. The summed E-state index contributed by atoms with van der Waals surface area (Å²) in [6, 6.07) is 33.8. The molecule has 0 atom stereocenters. The lowest BCUT2D eigenvalue weighted by molar-refractivity contribution is 0.1000. The number of hydrogen-bond donors (Lipinski definition) is 2. The number of hydrogen-bond acceptors (Lipinski definition) is 3. The quantitative estimate of drug-likeness (QED) is 0.376. The van der Waals surface area contributed by atoms with Gasteiger partial charge < -0.3 is 16.0 Å². The molecule has 6 heteroatoms. The van der Waals surface area contributed by atoms with Crippen molar-refractivity contribution in [2.24, 2.45) is 5.73 Å². The summed E-state index contributed by atoms with van der Waals surface area (Å²) < 4.78 is 0. The molecule has 1 saturated heterocycles. The maximum absolute atomic E-state index is 12.9. The number of anilines is 1. The molecule has 1 aliphatic rings. The summed E-state index contributed by atoms with van der Waals surface area (Å²) in [6.07, 6.45) is 0. The van der Waals surface area contributed by atoms with Crippen molar-refractivity contribution in [3.05, 3.63) is 114 Å². The zero-order valence-electron chi connectivity index (χ0n) is 20.6. The van der Waals surface area contributed by atoms with Crippen LogP contribution in [0.5, 0.6) is 0 Å². The molecule has 1 aliphatic heterocycles. The number of urea groups is 1. The van der Waals surface area contributed by atoms with Gasteiger partial charge in [0.2, 0.25) is 5.91 Å². The Morgan fingerprint density at radius 3 is 2.00 bits per heavy atom. The Labute approximate surface area is 217 Å². The highest BCUT2D eigenvalue weighted by Gasteiger charge is 2.21. The van der Waals surface area contributed by atoms with Crippen LogP contribution in [-0.4, -0.2) is 47.9 Å². The van der Waals surface area contributed by atoms with Crippen LogP contribution in [-0.2, 0) is 6.54 Å². The van der Waals surface area contributed by atoms with E-state index in [1.807, 2.05) is 41.3 Å². The normalized spacial score (nSPS) is 13.8. The predicted octanol–water partition coefficient (Wildman–Crippen LogP) is 5.47. The minimum absolute atomic E-state index is 0.102. The average Bonchev–Trinajstić information content (AvgIpc) is 2.94. The fourth-order valence-corrected chi connectivity index (χ4v) is 4.63. The zero-order chi connectivity index (χ0) is 25.6. The molecule has 0 aliphatic carbocycles. The van der Waals surface area contributed by atoms with Crippen LogP contribution < -0.4 is 11.1 Å². The SMILES string of the molecule is NC(=O)c1cccc(-c2cccc(NC(=O)N3CCN(Cc4ccc(-c5ccccc5)cc4)CC3)c2)c1. The predicted molar refractivity (Wildman–Crippen MR) is 148 cm³/mol. The third-order valence-electron chi connectivity index (χ3n) is 6.72. The highest BCUT2D eigenvalue weighted by Crippen LogP contribution is 2.24. The summed E-state index contributed by atoms with van der Waals surface area (Å²) in [5.74, 6) is -0.463. The number of carbonyl (C=O) groups is 2. The molecule has 0 unspecified atom stereocenters. The highest BCUT2D eigenvalue weighted by molar-refractivity contribution is 5.94. The smallest absolute Gasteiger partial charge is 0.321 e. The number of primary amides is 1. The van der Waals surface area contributed by atoms with E-state index in [0.29, 0.717) is 24.3 Å². The summed E-state index contributed by atoms with van der Waals surface area (Å²) in [5, 5.41) is 3.02. The Morgan fingerprint density at radius 1 is 0.676 bits per heavy atom. The van der Waals surface area contributed by atoms with Crippen molar-refractivity contribution in [1.82, 2.24) is 9.80 Å². The highest BCUT2D eigenvalue weighted by atomic mass is 16.2. The molecule has 0 aromatic heterocycles. The lowest BCUT2D eigenvalue weighted by Crippen LogP contribution is -2.49. The van der Waals surface area contributed by atoms with Gasteiger partial charge in [0.15, 0.2) is 0 Å². The molecule has 3 N–H and O–H groups in total. The maximum Gasteiger partial charge on any atom is 0.321 e. The van der Waals surface area contributed by atoms with Crippen LogP contribution in [0.4, 0.5) is 10.5 Å². The standard InChI is InChI=1S/C31H30N4O2/c32-30(36)28-10-4-8-26(20-28)27-9-5-11-29(21-27)33-31(37)35-18-16-34(17-19-35)22-23-12-14-25(15-13-23)24-6-2-1-3-7-24/h1-15,20-21H,16-19,22H2,(H2,32,36)(H,33,37). The van der Waals surface area contributed by atoms with E-state index >= 15 is 0 Å². The van der Waals surface area contributed by atoms with E-state index in [1.54, 1.807) is 18.2 Å². The molecule has 6 nitrogen and oxygen atoms in total. The van der Waals surface area contributed by atoms with Gasteiger partial charge in [-0.15, -0.1) is 0 Å². The third kappa shape index (κ3) is 6.05. The van der Waals surface area contributed by atoms with Crippen molar-refractivity contribution in [2.45, 2.75) is 6.54 Å². The summed E-state index contributed by atoms with van der Waals surface area (Å²) in [7, 11) is 0. The Hall–Kier alpha value is -4.42. The fourth-order valence-electron chi connectivity index (χ4n) is 4.63. The molecule has 0 saturated carbocycles. The summed E-state index contributed by atoms with van der Waals surface area (Å²) in [4.78, 5) is 28.7. The van der Waals surface area contributed by atoms with Crippen LogP contribution in [0, 0.1) is 0 Å². The van der Waals surface area contributed by atoms with Crippen LogP contribution in [0.3, 0.4) is 0 Å². The van der Waals surface area contributed by atoms with Gasteiger partial charge in [0, 0.05) is 44.0 Å². The molecular formula is C31H30N4O2. The second kappa shape index (κ2) is 11.1. The number of benzene rings is 4. The molecule has 186 valence electrons. The Kier molecular flexibility index (Phi) is 7.28. The second-order valence-electron chi connectivity index (χ2n) is 9.28. The lowest BCUT2D eigenvalue weighted by Gasteiger charge is -2.34. The number of carbonyl (C=O) groups excluding carboxylic acids is 2. The van der Waals surface area contributed by atoms with Gasteiger partial charge in [-0.1, -0.05) is 78.9 Å². The number of nitrogens with one attached hydrogen (secondary N) is 1. The summed E-state index contributed by atoms with van der Waals surface area (Å²) >= 11 is 0. The number of nitrogens with two attached hydrogens (primary N) is 1. The molecule has 1 heterocycles.